The fourth-order valence-electron chi connectivity index (χ4n) is 3.24. The SMILES string of the molecule is CC(C)CN1CCOC(CNC(=O)COc2ccc(Cl)c3cccnc23)C1. The molecule has 1 aliphatic rings. The van der Waals surface area contributed by atoms with E-state index in [1.807, 2.05) is 12.1 Å². The van der Waals surface area contributed by atoms with Gasteiger partial charge in [-0.15, -0.1) is 0 Å². The minimum absolute atomic E-state index is 0.0134. The van der Waals surface area contributed by atoms with Gasteiger partial charge in [0.05, 0.1) is 17.7 Å². The molecule has 1 amide bonds. The number of ether oxygens (including phenoxy) is 2. The Hall–Kier alpha value is -1.89. The van der Waals surface area contributed by atoms with E-state index in [9.17, 15) is 4.79 Å². The number of carbonyl (C=O) groups excluding carboxylic acids is 1. The average molecular weight is 392 g/mol. The number of hydrogen-bond donors (Lipinski definition) is 1. The number of carbonyl (C=O) groups is 1. The van der Waals surface area contributed by atoms with E-state index in [4.69, 9.17) is 21.1 Å². The first-order valence-electron chi connectivity index (χ1n) is 9.29. The second-order valence-corrected chi connectivity index (χ2v) is 7.59. The quantitative estimate of drug-likeness (QED) is 0.786. The maximum Gasteiger partial charge on any atom is 0.258 e. The van der Waals surface area contributed by atoms with Crippen molar-refractivity contribution in [3.8, 4) is 5.75 Å². The molecule has 3 rings (SSSR count). The Bertz CT molecular complexity index is 784. The summed E-state index contributed by atoms with van der Waals surface area (Å²) in [6, 6.07) is 7.18. The predicted octanol–water partition coefficient (Wildman–Crippen LogP) is 2.74. The van der Waals surface area contributed by atoms with Gasteiger partial charge in [0.25, 0.3) is 5.91 Å². The second kappa shape index (κ2) is 9.35. The first-order chi connectivity index (χ1) is 13.0. The van der Waals surface area contributed by atoms with Gasteiger partial charge in [-0.25, -0.2) is 0 Å². The van der Waals surface area contributed by atoms with Crippen LogP contribution in [-0.2, 0) is 9.53 Å². The lowest BCUT2D eigenvalue weighted by Gasteiger charge is -2.33. The summed E-state index contributed by atoms with van der Waals surface area (Å²) in [7, 11) is 0. The molecule has 1 aliphatic heterocycles. The van der Waals surface area contributed by atoms with Crippen LogP contribution in [0.2, 0.25) is 5.02 Å². The molecule has 1 saturated heterocycles. The lowest BCUT2D eigenvalue weighted by molar-refractivity contribution is -0.124. The lowest BCUT2D eigenvalue weighted by atomic mass is 10.2. The molecule has 1 aromatic heterocycles. The zero-order valence-electron chi connectivity index (χ0n) is 15.8. The lowest BCUT2D eigenvalue weighted by Crippen LogP contribution is -2.48. The first kappa shape index (κ1) is 19.9. The molecule has 0 saturated carbocycles. The predicted molar refractivity (Wildman–Crippen MR) is 106 cm³/mol. The summed E-state index contributed by atoms with van der Waals surface area (Å²) in [4.78, 5) is 18.9. The molecule has 146 valence electrons. The van der Waals surface area contributed by atoms with Gasteiger partial charge in [0.15, 0.2) is 6.61 Å². The van der Waals surface area contributed by atoms with Crippen molar-refractivity contribution in [1.82, 2.24) is 15.2 Å². The van der Waals surface area contributed by atoms with Crippen LogP contribution in [0.3, 0.4) is 0 Å². The highest BCUT2D eigenvalue weighted by Crippen LogP contribution is 2.29. The number of morpholine rings is 1. The number of hydrogen-bond acceptors (Lipinski definition) is 5. The Balaban J connectivity index is 1.48. The Morgan fingerprint density at radius 1 is 1.44 bits per heavy atom. The third kappa shape index (κ3) is 5.54. The number of fused-ring (bicyclic) bond motifs is 1. The van der Waals surface area contributed by atoms with Gasteiger partial charge >= 0.3 is 0 Å². The van der Waals surface area contributed by atoms with Gasteiger partial charge in [0, 0.05) is 37.8 Å². The Labute approximate surface area is 164 Å². The van der Waals surface area contributed by atoms with Crippen LogP contribution in [0.1, 0.15) is 13.8 Å². The molecule has 0 bridgehead atoms. The monoisotopic (exact) mass is 391 g/mol. The standard InChI is InChI=1S/C20H26ClN3O3/c1-14(2)11-24-8-9-26-15(12-24)10-23-19(25)13-27-18-6-5-17(21)16-4-3-7-22-20(16)18/h3-7,14-15H,8-13H2,1-2H3,(H,23,25). The molecule has 1 unspecified atom stereocenters. The van der Waals surface area contributed by atoms with E-state index in [2.05, 4.69) is 29.0 Å². The van der Waals surface area contributed by atoms with E-state index >= 15 is 0 Å². The highest BCUT2D eigenvalue weighted by atomic mass is 35.5. The van der Waals surface area contributed by atoms with Crippen LogP contribution in [0.25, 0.3) is 10.9 Å². The van der Waals surface area contributed by atoms with E-state index in [1.54, 1.807) is 18.3 Å². The van der Waals surface area contributed by atoms with Crippen molar-refractivity contribution in [3.63, 3.8) is 0 Å². The van der Waals surface area contributed by atoms with Crippen LogP contribution in [0.5, 0.6) is 5.75 Å². The van der Waals surface area contributed by atoms with E-state index in [-0.39, 0.29) is 18.6 Å². The van der Waals surface area contributed by atoms with Crippen LogP contribution < -0.4 is 10.1 Å². The molecule has 1 fully saturated rings. The van der Waals surface area contributed by atoms with Gasteiger partial charge in [-0.1, -0.05) is 25.4 Å². The summed E-state index contributed by atoms with van der Waals surface area (Å²) in [6.07, 6.45) is 1.69. The van der Waals surface area contributed by atoms with Crippen molar-refractivity contribution < 1.29 is 14.3 Å². The average Bonchev–Trinajstić information content (AvgIpc) is 2.66. The highest BCUT2D eigenvalue weighted by Gasteiger charge is 2.21. The number of amides is 1. The molecular formula is C20H26ClN3O3. The normalized spacial score (nSPS) is 18.0. The molecule has 7 heteroatoms. The van der Waals surface area contributed by atoms with Crippen molar-refractivity contribution in [1.29, 1.82) is 0 Å². The summed E-state index contributed by atoms with van der Waals surface area (Å²) in [5.41, 5.74) is 0.651. The number of nitrogens with one attached hydrogen (secondary N) is 1. The van der Waals surface area contributed by atoms with E-state index in [0.717, 1.165) is 25.0 Å². The number of aromatic nitrogens is 1. The molecular weight excluding hydrogens is 366 g/mol. The topological polar surface area (TPSA) is 63.7 Å². The van der Waals surface area contributed by atoms with Crippen molar-refractivity contribution in [3.05, 3.63) is 35.5 Å². The van der Waals surface area contributed by atoms with Crippen molar-refractivity contribution in [2.45, 2.75) is 20.0 Å². The van der Waals surface area contributed by atoms with Gasteiger partial charge in [0.1, 0.15) is 11.3 Å². The molecule has 2 heterocycles. The van der Waals surface area contributed by atoms with Gasteiger partial charge in [-0.3, -0.25) is 14.7 Å². The van der Waals surface area contributed by atoms with Crippen molar-refractivity contribution >= 4 is 28.4 Å². The Morgan fingerprint density at radius 2 is 2.30 bits per heavy atom. The molecule has 2 aromatic rings. The molecule has 6 nitrogen and oxygen atoms in total. The maximum absolute atomic E-state index is 12.2. The van der Waals surface area contributed by atoms with Gasteiger partial charge in [-0.05, 0) is 30.2 Å². The van der Waals surface area contributed by atoms with Gasteiger partial charge in [0.2, 0.25) is 0 Å². The molecule has 0 spiro atoms. The number of halogens is 1. The summed E-state index contributed by atoms with van der Waals surface area (Å²) in [6.45, 7) is 8.36. The van der Waals surface area contributed by atoms with E-state index in [1.165, 1.54) is 0 Å². The number of rotatable bonds is 7. The summed E-state index contributed by atoms with van der Waals surface area (Å²) >= 11 is 6.18. The van der Waals surface area contributed by atoms with Gasteiger partial charge < -0.3 is 14.8 Å². The van der Waals surface area contributed by atoms with Crippen molar-refractivity contribution in [2.24, 2.45) is 5.92 Å². The molecule has 1 N–H and O–H groups in total. The third-order valence-corrected chi connectivity index (χ3v) is 4.74. The smallest absolute Gasteiger partial charge is 0.258 e. The number of nitrogens with zero attached hydrogens (tertiary/aromatic N) is 2. The fraction of sp³-hybridized carbons (Fsp3) is 0.500. The number of benzene rings is 1. The van der Waals surface area contributed by atoms with Crippen LogP contribution in [0, 0.1) is 5.92 Å². The Morgan fingerprint density at radius 3 is 3.11 bits per heavy atom. The zero-order chi connectivity index (χ0) is 19.2. The maximum atomic E-state index is 12.2. The highest BCUT2D eigenvalue weighted by molar-refractivity contribution is 6.35. The van der Waals surface area contributed by atoms with Crippen LogP contribution in [0.4, 0.5) is 0 Å². The summed E-state index contributed by atoms with van der Waals surface area (Å²) in [5.74, 6) is 0.982. The first-order valence-corrected chi connectivity index (χ1v) is 9.67. The van der Waals surface area contributed by atoms with Crippen LogP contribution in [0.15, 0.2) is 30.5 Å². The third-order valence-electron chi connectivity index (χ3n) is 4.41. The molecule has 0 aliphatic carbocycles. The fourth-order valence-corrected chi connectivity index (χ4v) is 3.45. The largest absolute Gasteiger partial charge is 0.481 e. The second-order valence-electron chi connectivity index (χ2n) is 7.18. The minimum atomic E-state index is -0.182. The molecule has 27 heavy (non-hydrogen) atoms. The van der Waals surface area contributed by atoms with Crippen LogP contribution >= 0.6 is 11.6 Å². The molecule has 0 radical (unpaired) electrons. The molecule has 1 aromatic carbocycles. The zero-order valence-corrected chi connectivity index (χ0v) is 16.5. The van der Waals surface area contributed by atoms with E-state index < -0.39 is 0 Å². The van der Waals surface area contributed by atoms with E-state index in [0.29, 0.717) is 35.4 Å². The Kier molecular flexibility index (Phi) is 6.88. The minimum Gasteiger partial charge on any atom is -0.481 e. The molecule has 1 atom stereocenters. The van der Waals surface area contributed by atoms with Crippen molar-refractivity contribution in [2.75, 3.05) is 39.4 Å². The summed E-state index contributed by atoms with van der Waals surface area (Å²) < 4.78 is 11.4. The summed E-state index contributed by atoms with van der Waals surface area (Å²) in [5, 5.41) is 4.30. The van der Waals surface area contributed by atoms with Gasteiger partial charge in [-0.2, -0.15) is 0 Å². The van der Waals surface area contributed by atoms with Crippen LogP contribution in [-0.4, -0.2) is 61.3 Å². The number of pyridine rings is 1.